The number of urea groups is 1. The van der Waals surface area contributed by atoms with E-state index in [9.17, 15) is 9.59 Å². The lowest BCUT2D eigenvalue weighted by Gasteiger charge is -2.30. The van der Waals surface area contributed by atoms with Gasteiger partial charge in [-0.3, -0.25) is 4.79 Å². The molecular weight excluding hydrogens is 380 g/mol. The van der Waals surface area contributed by atoms with Crippen LogP contribution in [0.1, 0.15) is 37.1 Å². The lowest BCUT2D eigenvalue weighted by atomic mass is 9.96. The Morgan fingerprint density at radius 2 is 1.93 bits per heavy atom. The Kier molecular flexibility index (Phi) is 7.46. The van der Waals surface area contributed by atoms with Gasteiger partial charge in [-0.2, -0.15) is 5.10 Å². The van der Waals surface area contributed by atoms with Crippen LogP contribution in [0.2, 0.25) is 0 Å². The fraction of sp³-hybridized carbons (Fsp3) is 0.500. The van der Waals surface area contributed by atoms with E-state index in [1.54, 1.807) is 0 Å². The molecule has 0 radical (unpaired) electrons. The Bertz CT molecular complexity index is 870. The summed E-state index contributed by atoms with van der Waals surface area (Å²) < 4.78 is 1.87. The molecule has 1 aromatic heterocycles. The number of likely N-dealkylation sites (tertiary alicyclic amines) is 1. The fourth-order valence-corrected chi connectivity index (χ4v) is 3.88. The summed E-state index contributed by atoms with van der Waals surface area (Å²) >= 11 is 0. The number of piperidine rings is 1. The van der Waals surface area contributed by atoms with E-state index >= 15 is 0 Å². The Balaban J connectivity index is 1.36. The van der Waals surface area contributed by atoms with Crippen LogP contribution in [0.5, 0.6) is 0 Å². The van der Waals surface area contributed by atoms with Gasteiger partial charge in [0.25, 0.3) is 0 Å². The number of anilines is 1. The molecular formula is C22H32N6O2. The molecule has 4 N–H and O–H groups in total. The van der Waals surface area contributed by atoms with Crippen molar-refractivity contribution in [3.8, 4) is 5.69 Å². The third-order valence-electron chi connectivity index (χ3n) is 5.53. The molecule has 0 saturated carbocycles. The first-order chi connectivity index (χ1) is 14.4. The average Bonchev–Trinajstić information content (AvgIpc) is 3.06. The molecule has 8 heteroatoms. The lowest BCUT2D eigenvalue weighted by Crippen LogP contribution is -2.39. The molecule has 0 aliphatic carbocycles. The van der Waals surface area contributed by atoms with Crippen molar-refractivity contribution in [2.24, 2.45) is 11.7 Å². The number of unbranched alkanes of at least 4 members (excludes halogenated alkanes) is 1. The minimum Gasteiger partial charge on any atom is -0.369 e. The fourth-order valence-electron chi connectivity index (χ4n) is 3.88. The molecule has 0 spiro atoms. The predicted molar refractivity (Wildman–Crippen MR) is 118 cm³/mol. The van der Waals surface area contributed by atoms with Gasteiger partial charge in [0.05, 0.1) is 11.4 Å². The van der Waals surface area contributed by atoms with E-state index in [4.69, 9.17) is 5.73 Å². The molecule has 30 heavy (non-hydrogen) atoms. The number of nitrogens with one attached hydrogen (secondary N) is 2. The minimum absolute atomic E-state index is 0.0337. The van der Waals surface area contributed by atoms with E-state index in [0.29, 0.717) is 6.54 Å². The normalized spacial score (nSPS) is 15.1. The van der Waals surface area contributed by atoms with E-state index in [-0.39, 0.29) is 17.9 Å². The van der Waals surface area contributed by atoms with E-state index in [2.05, 4.69) is 20.6 Å². The number of hydrogen-bond acceptors (Lipinski definition) is 4. The summed E-state index contributed by atoms with van der Waals surface area (Å²) in [5.74, 6) is -0.142. The van der Waals surface area contributed by atoms with Crippen molar-refractivity contribution in [2.45, 2.75) is 39.5 Å². The number of nitrogens with zero attached hydrogens (tertiary/aromatic N) is 3. The van der Waals surface area contributed by atoms with Crippen molar-refractivity contribution in [1.82, 2.24) is 20.0 Å². The van der Waals surface area contributed by atoms with Crippen LogP contribution < -0.4 is 16.4 Å². The van der Waals surface area contributed by atoms with Crippen molar-refractivity contribution >= 4 is 17.6 Å². The molecule has 0 bridgehead atoms. The summed E-state index contributed by atoms with van der Waals surface area (Å²) in [4.78, 5) is 25.8. The quantitative estimate of drug-likeness (QED) is 0.580. The average molecular weight is 413 g/mol. The van der Waals surface area contributed by atoms with Crippen LogP contribution >= 0.6 is 0 Å². The van der Waals surface area contributed by atoms with Crippen LogP contribution in [0.15, 0.2) is 30.3 Å². The monoisotopic (exact) mass is 412 g/mol. The number of carbonyl (C=O) groups excluding carboxylic acids is 2. The topological polar surface area (TPSA) is 105 Å². The second-order valence-electron chi connectivity index (χ2n) is 8.00. The zero-order valence-corrected chi connectivity index (χ0v) is 17.9. The lowest BCUT2D eigenvalue weighted by molar-refractivity contribution is -0.123. The first kappa shape index (κ1) is 21.8. The van der Waals surface area contributed by atoms with E-state index < -0.39 is 0 Å². The van der Waals surface area contributed by atoms with Crippen LogP contribution in [0, 0.1) is 19.8 Å². The molecule has 0 atom stereocenters. The number of amides is 3. The van der Waals surface area contributed by atoms with Gasteiger partial charge >= 0.3 is 6.03 Å². The number of hydrogen-bond donors (Lipinski definition) is 3. The van der Waals surface area contributed by atoms with Gasteiger partial charge in [-0.15, -0.1) is 0 Å². The predicted octanol–water partition coefficient (Wildman–Crippen LogP) is 2.59. The third kappa shape index (κ3) is 6.06. The number of benzene rings is 1. The highest BCUT2D eigenvalue weighted by molar-refractivity contribution is 5.89. The maximum absolute atomic E-state index is 12.2. The number of aryl methyl sites for hydroxylation is 2. The first-order valence-corrected chi connectivity index (χ1v) is 10.6. The number of nitrogens with two attached hydrogens (primary N) is 1. The zero-order chi connectivity index (χ0) is 21.5. The number of aromatic nitrogens is 2. The van der Waals surface area contributed by atoms with Crippen LogP contribution in [-0.2, 0) is 4.79 Å². The Morgan fingerprint density at radius 1 is 1.17 bits per heavy atom. The largest absolute Gasteiger partial charge is 0.369 e. The SMILES string of the molecule is Cc1cc(C)n(-c2cccc(NC(=O)NCCCCN3CCC(C(N)=O)CC3)c2)n1. The van der Waals surface area contributed by atoms with Crippen LogP contribution in [0.4, 0.5) is 10.5 Å². The number of carbonyl (C=O) groups is 2. The van der Waals surface area contributed by atoms with Gasteiger partial charge in [0.1, 0.15) is 0 Å². The molecule has 1 fully saturated rings. The molecule has 8 nitrogen and oxygen atoms in total. The van der Waals surface area contributed by atoms with Crippen molar-refractivity contribution in [2.75, 3.05) is 31.5 Å². The number of primary amides is 1. The molecule has 1 aromatic carbocycles. The van der Waals surface area contributed by atoms with Gasteiger partial charge in [-0.1, -0.05) is 6.07 Å². The summed E-state index contributed by atoms with van der Waals surface area (Å²) in [7, 11) is 0. The Hall–Kier alpha value is -2.87. The molecule has 162 valence electrons. The van der Waals surface area contributed by atoms with E-state index in [1.807, 2.05) is 48.9 Å². The molecule has 0 unspecified atom stereocenters. The van der Waals surface area contributed by atoms with Gasteiger partial charge < -0.3 is 21.3 Å². The molecule has 1 aliphatic heterocycles. The maximum Gasteiger partial charge on any atom is 0.319 e. The van der Waals surface area contributed by atoms with Crippen molar-refractivity contribution < 1.29 is 9.59 Å². The van der Waals surface area contributed by atoms with E-state index in [0.717, 1.165) is 68.1 Å². The summed E-state index contributed by atoms with van der Waals surface area (Å²) in [5.41, 5.74) is 9.03. The summed E-state index contributed by atoms with van der Waals surface area (Å²) in [6.07, 6.45) is 3.63. The minimum atomic E-state index is -0.206. The highest BCUT2D eigenvalue weighted by atomic mass is 16.2. The molecule has 1 saturated heterocycles. The van der Waals surface area contributed by atoms with Crippen LogP contribution in [0.3, 0.4) is 0 Å². The maximum atomic E-state index is 12.2. The Labute approximate surface area is 177 Å². The molecule has 3 amide bonds. The smallest absolute Gasteiger partial charge is 0.319 e. The third-order valence-corrected chi connectivity index (χ3v) is 5.53. The van der Waals surface area contributed by atoms with Gasteiger partial charge in [-0.25, -0.2) is 9.48 Å². The van der Waals surface area contributed by atoms with Crippen LogP contribution in [0.25, 0.3) is 5.69 Å². The summed E-state index contributed by atoms with van der Waals surface area (Å²) in [6.45, 7) is 7.43. The van der Waals surface area contributed by atoms with Gasteiger partial charge in [0, 0.05) is 23.8 Å². The highest BCUT2D eigenvalue weighted by Crippen LogP contribution is 2.18. The standard InChI is InChI=1S/C22H32N6O2/c1-16-14-17(2)28(26-16)20-7-5-6-19(15-20)25-22(30)24-10-3-4-11-27-12-8-18(9-13-27)21(23)29/h5-7,14-15,18H,3-4,8-13H2,1-2H3,(H2,23,29)(H2,24,25,30). The van der Waals surface area contributed by atoms with E-state index in [1.165, 1.54) is 0 Å². The van der Waals surface area contributed by atoms with Crippen LogP contribution in [-0.4, -0.2) is 52.8 Å². The van der Waals surface area contributed by atoms with Gasteiger partial charge in [0.15, 0.2) is 0 Å². The van der Waals surface area contributed by atoms with Gasteiger partial charge in [-0.05, 0) is 83.4 Å². The number of rotatable bonds is 8. The molecule has 2 heterocycles. The second kappa shape index (κ2) is 10.2. The summed E-state index contributed by atoms with van der Waals surface area (Å²) in [5, 5.41) is 10.3. The first-order valence-electron chi connectivity index (χ1n) is 10.6. The van der Waals surface area contributed by atoms with Crippen molar-refractivity contribution in [3.63, 3.8) is 0 Å². The van der Waals surface area contributed by atoms with Crippen molar-refractivity contribution in [1.29, 1.82) is 0 Å². The molecule has 3 rings (SSSR count). The second-order valence-corrected chi connectivity index (χ2v) is 8.00. The molecule has 1 aliphatic rings. The molecule has 2 aromatic rings. The highest BCUT2D eigenvalue weighted by Gasteiger charge is 2.22. The Morgan fingerprint density at radius 3 is 2.60 bits per heavy atom. The zero-order valence-electron chi connectivity index (χ0n) is 17.9. The summed E-state index contributed by atoms with van der Waals surface area (Å²) in [6, 6.07) is 9.46. The van der Waals surface area contributed by atoms with Crippen molar-refractivity contribution in [3.05, 3.63) is 41.7 Å². The van der Waals surface area contributed by atoms with Gasteiger partial charge in [0.2, 0.25) is 5.91 Å².